The number of nitrogens with zero attached hydrogens (tertiary/aromatic N) is 3. The van der Waals surface area contributed by atoms with Crippen molar-refractivity contribution in [3.63, 3.8) is 0 Å². The number of benzene rings is 2. The number of fused-ring (bicyclic) bond motifs is 1. The van der Waals surface area contributed by atoms with Gasteiger partial charge < -0.3 is 15.6 Å². The lowest BCUT2D eigenvalue weighted by atomic mass is 10.1. The van der Waals surface area contributed by atoms with Crippen molar-refractivity contribution in [2.75, 3.05) is 10.6 Å². The van der Waals surface area contributed by atoms with E-state index in [9.17, 15) is 18.0 Å². The normalized spacial score (nSPS) is 11.4. The summed E-state index contributed by atoms with van der Waals surface area (Å²) in [5.74, 6) is -0.308. The third kappa shape index (κ3) is 4.74. The second kappa shape index (κ2) is 9.14. The summed E-state index contributed by atoms with van der Waals surface area (Å²) in [5.41, 5.74) is 3.24. The maximum atomic E-state index is 13.0. The smallest absolute Gasteiger partial charge is 0.345 e. The Morgan fingerprint density at radius 2 is 1.83 bits per heavy atom. The first kappa shape index (κ1) is 23.0. The van der Waals surface area contributed by atoms with Gasteiger partial charge in [0.15, 0.2) is 0 Å². The summed E-state index contributed by atoms with van der Waals surface area (Å²) in [5, 5.41) is 6.73. The van der Waals surface area contributed by atoms with Crippen LogP contribution in [0, 0.1) is 6.92 Å². The second-order valence-electron chi connectivity index (χ2n) is 8.05. The highest BCUT2D eigenvalue weighted by molar-refractivity contribution is 6.04. The van der Waals surface area contributed by atoms with Crippen LogP contribution in [0.5, 0.6) is 0 Å². The molecule has 2 aromatic carbocycles. The minimum Gasteiger partial charge on any atom is -0.345 e. The molecule has 7 nitrogen and oxygen atoms in total. The van der Waals surface area contributed by atoms with Gasteiger partial charge in [-0.3, -0.25) is 4.79 Å². The van der Waals surface area contributed by atoms with Crippen molar-refractivity contribution in [2.24, 2.45) is 0 Å². The zero-order chi connectivity index (χ0) is 25.3. The minimum atomic E-state index is -4.53. The van der Waals surface area contributed by atoms with E-state index in [1.807, 2.05) is 25.3 Å². The van der Waals surface area contributed by atoms with Crippen LogP contribution in [0.4, 0.5) is 30.5 Å². The Bertz CT molecular complexity index is 1580. The topological polar surface area (TPSA) is 95.6 Å². The summed E-state index contributed by atoms with van der Waals surface area (Å²) in [6, 6.07) is 15.0. The Balaban J connectivity index is 1.37. The molecule has 36 heavy (non-hydrogen) atoms. The number of nitrogens with one attached hydrogen (secondary N) is 3. The number of anilines is 3. The average Bonchev–Trinajstić information content (AvgIpc) is 3.30. The minimum absolute atomic E-state index is 0.0934. The first-order valence-corrected chi connectivity index (χ1v) is 10.9. The van der Waals surface area contributed by atoms with Gasteiger partial charge in [-0.15, -0.1) is 0 Å². The molecule has 0 saturated carbocycles. The molecule has 1 amide bonds. The number of hydrogen-bond donors (Lipinski definition) is 3. The van der Waals surface area contributed by atoms with Crippen LogP contribution < -0.4 is 10.6 Å². The number of carbonyl (C=O) groups is 1. The van der Waals surface area contributed by atoms with Crippen LogP contribution >= 0.6 is 0 Å². The molecule has 180 valence electrons. The number of alkyl halides is 3. The molecule has 0 radical (unpaired) electrons. The van der Waals surface area contributed by atoms with Crippen LogP contribution in [0.2, 0.25) is 0 Å². The highest BCUT2D eigenvalue weighted by Crippen LogP contribution is 2.30. The van der Waals surface area contributed by atoms with Crippen LogP contribution in [0.25, 0.3) is 22.3 Å². The Morgan fingerprint density at radius 1 is 0.972 bits per heavy atom. The third-order valence-electron chi connectivity index (χ3n) is 5.58. The number of aromatic amines is 1. The first-order valence-electron chi connectivity index (χ1n) is 10.9. The van der Waals surface area contributed by atoms with Crippen LogP contribution in [-0.2, 0) is 6.18 Å². The van der Waals surface area contributed by atoms with Gasteiger partial charge in [0.2, 0.25) is 5.95 Å². The lowest BCUT2D eigenvalue weighted by Crippen LogP contribution is -2.14. The number of rotatable bonds is 5. The van der Waals surface area contributed by atoms with E-state index in [1.165, 1.54) is 12.1 Å². The van der Waals surface area contributed by atoms with E-state index in [-0.39, 0.29) is 5.56 Å². The number of aromatic nitrogens is 4. The number of carbonyl (C=O) groups excluding carboxylic acids is 1. The van der Waals surface area contributed by atoms with Crippen molar-refractivity contribution in [2.45, 2.75) is 13.1 Å². The van der Waals surface area contributed by atoms with Gasteiger partial charge in [-0.2, -0.15) is 13.2 Å². The summed E-state index contributed by atoms with van der Waals surface area (Å²) in [7, 11) is 0. The summed E-state index contributed by atoms with van der Waals surface area (Å²) in [4.78, 5) is 28.9. The summed E-state index contributed by atoms with van der Waals surface area (Å²) >= 11 is 0. The molecular weight excluding hydrogens is 469 g/mol. The van der Waals surface area contributed by atoms with Crippen LogP contribution in [0.1, 0.15) is 21.5 Å². The van der Waals surface area contributed by atoms with Gasteiger partial charge in [0.1, 0.15) is 5.65 Å². The lowest BCUT2D eigenvalue weighted by Gasteiger charge is -2.13. The maximum Gasteiger partial charge on any atom is 0.416 e. The molecular formula is C26H19F3N6O. The molecule has 0 fully saturated rings. The van der Waals surface area contributed by atoms with Crippen molar-refractivity contribution in [3.05, 3.63) is 95.9 Å². The number of aryl methyl sites for hydroxylation is 1. The zero-order valence-electron chi connectivity index (χ0n) is 18.9. The summed E-state index contributed by atoms with van der Waals surface area (Å²) in [6.07, 6.45) is 0.638. The van der Waals surface area contributed by atoms with Crippen molar-refractivity contribution in [1.29, 1.82) is 0 Å². The molecule has 0 atom stereocenters. The van der Waals surface area contributed by atoms with E-state index < -0.39 is 17.6 Å². The molecule has 10 heteroatoms. The maximum absolute atomic E-state index is 13.0. The van der Waals surface area contributed by atoms with E-state index in [4.69, 9.17) is 0 Å². The summed E-state index contributed by atoms with van der Waals surface area (Å²) < 4.78 is 39.0. The Labute approximate surface area is 203 Å². The Morgan fingerprint density at radius 3 is 2.67 bits per heavy atom. The lowest BCUT2D eigenvalue weighted by molar-refractivity contribution is -0.137. The predicted octanol–water partition coefficient (Wildman–Crippen LogP) is 6.34. The largest absolute Gasteiger partial charge is 0.416 e. The monoisotopic (exact) mass is 488 g/mol. The SMILES string of the molecule is Cc1ccc(NC(=O)c2cccc(C(F)(F)F)c2)cc1Nc1nccc(-c2c[nH]c3ncccc23)n1. The van der Waals surface area contributed by atoms with Gasteiger partial charge in [0.25, 0.3) is 5.91 Å². The third-order valence-corrected chi connectivity index (χ3v) is 5.58. The highest BCUT2D eigenvalue weighted by Gasteiger charge is 2.30. The molecule has 0 unspecified atom stereocenters. The number of H-pyrrole nitrogens is 1. The van der Waals surface area contributed by atoms with Crippen LogP contribution in [-0.4, -0.2) is 25.8 Å². The average molecular weight is 488 g/mol. The molecule has 0 bridgehead atoms. The predicted molar refractivity (Wildman–Crippen MR) is 131 cm³/mol. The van der Waals surface area contributed by atoms with Crippen molar-refractivity contribution in [3.8, 4) is 11.3 Å². The van der Waals surface area contributed by atoms with E-state index in [0.29, 0.717) is 23.0 Å². The van der Waals surface area contributed by atoms with Gasteiger partial charge in [0.05, 0.1) is 11.3 Å². The standard InChI is InChI=1S/C26H19F3N6O/c1-15-7-8-18(33-24(36)16-4-2-5-17(12-16)26(27,28)29)13-22(15)35-25-31-11-9-21(34-25)20-14-32-23-19(20)6-3-10-30-23/h2-14H,1H3,(H,30,32)(H,33,36)(H,31,34,35). The Kier molecular flexibility index (Phi) is 5.85. The second-order valence-corrected chi connectivity index (χ2v) is 8.05. The number of hydrogen-bond acceptors (Lipinski definition) is 5. The zero-order valence-corrected chi connectivity index (χ0v) is 18.9. The van der Waals surface area contributed by atoms with Crippen molar-refractivity contribution < 1.29 is 18.0 Å². The number of halogens is 3. The molecule has 5 aromatic rings. The van der Waals surface area contributed by atoms with Crippen LogP contribution in [0.15, 0.2) is 79.3 Å². The first-order chi connectivity index (χ1) is 17.3. The fourth-order valence-corrected chi connectivity index (χ4v) is 3.73. The van der Waals surface area contributed by atoms with Gasteiger partial charge in [-0.1, -0.05) is 12.1 Å². The van der Waals surface area contributed by atoms with Gasteiger partial charge in [-0.25, -0.2) is 15.0 Å². The molecule has 0 aliphatic carbocycles. The van der Waals surface area contributed by atoms with Gasteiger partial charge >= 0.3 is 6.18 Å². The van der Waals surface area contributed by atoms with E-state index in [0.717, 1.165) is 34.3 Å². The van der Waals surface area contributed by atoms with E-state index >= 15 is 0 Å². The highest BCUT2D eigenvalue weighted by atomic mass is 19.4. The fourth-order valence-electron chi connectivity index (χ4n) is 3.73. The molecule has 0 aliphatic rings. The molecule has 0 aliphatic heterocycles. The number of amides is 1. The summed E-state index contributed by atoms with van der Waals surface area (Å²) in [6.45, 7) is 1.87. The number of pyridine rings is 1. The Hall–Kier alpha value is -4.73. The van der Waals surface area contributed by atoms with E-state index in [2.05, 4.69) is 30.6 Å². The van der Waals surface area contributed by atoms with E-state index in [1.54, 1.807) is 36.7 Å². The quantitative estimate of drug-likeness (QED) is 0.268. The van der Waals surface area contributed by atoms with Crippen molar-refractivity contribution >= 4 is 34.3 Å². The van der Waals surface area contributed by atoms with Gasteiger partial charge in [-0.05, 0) is 61.0 Å². The fraction of sp³-hybridized carbons (Fsp3) is 0.0769. The molecule has 3 aromatic heterocycles. The molecule has 3 heterocycles. The molecule has 0 spiro atoms. The molecule has 0 saturated heterocycles. The molecule has 5 rings (SSSR count). The molecule has 3 N–H and O–H groups in total. The van der Waals surface area contributed by atoms with Crippen molar-refractivity contribution in [1.82, 2.24) is 19.9 Å². The van der Waals surface area contributed by atoms with Crippen LogP contribution in [0.3, 0.4) is 0 Å². The van der Waals surface area contributed by atoms with Gasteiger partial charge in [0, 0.05) is 46.5 Å².